The number of methoxy groups -OCH3 is 2. The molecule has 0 bridgehead atoms. The molecule has 2 aromatic rings. The number of aromatic hydroxyl groups is 1. The second-order valence-electron chi connectivity index (χ2n) is 3.79. The summed E-state index contributed by atoms with van der Waals surface area (Å²) in [5.41, 5.74) is 1.28. The zero-order valence-electron chi connectivity index (χ0n) is 10.7. The van der Waals surface area contributed by atoms with E-state index in [1.807, 2.05) is 0 Å². The van der Waals surface area contributed by atoms with Crippen LogP contribution < -0.4 is 9.47 Å². The largest absolute Gasteiger partial charge is 0.508 e. The first-order valence-electron chi connectivity index (χ1n) is 5.65. The molecular formula is C14H14N2O3. The van der Waals surface area contributed by atoms with E-state index >= 15 is 0 Å². The Hall–Kier alpha value is -2.56. The number of benzene rings is 2. The second kappa shape index (κ2) is 5.86. The van der Waals surface area contributed by atoms with Crippen molar-refractivity contribution in [2.45, 2.75) is 0 Å². The third-order valence-corrected chi connectivity index (χ3v) is 2.47. The van der Waals surface area contributed by atoms with E-state index in [0.717, 1.165) is 0 Å². The number of hydrogen-bond acceptors (Lipinski definition) is 5. The van der Waals surface area contributed by atoms with Gasteiger partial charge in [-0.05, 0) is 24.3 Å². The predicted molar refractivity (Wildman–Crippen MR) is 71.8 cm³/mol. The zero-order valence-corrected chi connectivity index (χ0v) is 10.7. The van der Waals surface area contributed by atoms with Crippen molar-refractivity contribution >= 4 is 11.4 Å². The summed E-state index contributed by atoms with van der Waals surface area (Å²) in [4.78, 5) is 0. The molecule has 5 heteroatoms. The molecule has 0 unspecified atom stereocenters. The topological polar surface area (TPSA) is 63.4 Å². The molecule has 98 valence electrons. The summed E-state index contributed by atoms with van der Waals surface area (Å²) in [6.45, 7) is 0. The SMILES string of the molecule is COc1cc(N=Nc2ccc(O)cc2)cc(OC)c1. The normalized spacial score (nSPS) is 10.6. The van der Waals surface area contributed by atoms with Gasteiger partial charge in [-0.2, -0.15) is 10.2 Å². The maximum Gasteiger partial charge on any atom is 0.124 e. The third kappa shape index (κ3) is 3.45. The first kappa shape index (κ1) is 12.9. The Balaban J connectivity index is 2.24. The number of rotatable bonds is 4. The molecule has 0 aliphatic heterocycles. The minimum absolute atomic E-state index is 0.196. The van der Waals surface area contributed by atoms with E-state index < -0.39 is 0 Å². The molecule has 0 fully saturated rings. The Bertz CT molecular complexity index is 557. The fourth-order valence-electron chi connectivity index (χ4n) is 1.48. The van der Waals surface area contributed by atoms with Gasteiger partial charge in [-0.3, -0.25) is 0 Å². The molecule has 0 aliphatic rings. The molecular weight excluding hydrogens is 244 g/mol. The van der Waals surface area contributed by atoms with Crippen molar-refractivity contribution in [2.75, 3.05) is 14.2 Å². The molecule has 0 heterocycles. The number of phenols is 1. The maximum absolute atomic E-state index is 9.17. The lowest BCUT2D eigenvalue weighted by Gasteiger charge is -2.04. The van der Waals surface area contributed by atoms with Crippen molar-refractivity contribution in [3.05, 3.63) is 42.5 Å². The highest BCUT2D eigenvalue weighted by molar-refractivity contribution is 5.50. The van der Waals surface area contributed by atoms with Gasteiger partial charge in [0.1, 0.15) is 17.2 Å². The molecule has 19 heavy (non-hydrogen) atoms. The summed E-state index contributed by atoms with van der Waals surface area (Å²) >= 11 is 0. The van der Waals surface area contributed by atoms with Gasteiger partial charge in [0.05, 0.1) is 25.6 Å². The molecule has 5 nitrogen and oxygen atoms in total. The molecule has 0 amide bonds. The van der Waals surface area contributed by atoms with Gasteiger partial charge in [0, 0.05) is 18.2 Å². The van der Waals surface area contributed by atoms with Crippen molar-refractivity contribution in [1.29, 1.82) is 0 Å². The molecule has 0 radical (unpaired) electrons. The summed E-state index contributed by atoms with van der Waals surface area (Å²) in [5.74, 6) is 1.50. The van der Waals surface area contributed by atoms with Crippen LogP contribution in [0.3, 0.4) is 0 Å². The minimum atomic E-state index is 0.196. The van der Waals surface area contributed by atoms with Crippen LogP contribution in [0.1, 0.15) is 0 Å². The van der Waals surface area contributed by atoms with E-state index in [4.69, 9.17) is 9.47 Å². The van der Waals surface area contributed by atoms with Crippen LogP contribution in [-0.4, -0.2) is 19.3 Å². The summed E-state index contributed by atoms with van der Waals surface area (Å²) < 4.78 is 10.3. The minimum Gasteiger partial charge on any atom is -0.508 e. The summed E-state index contributed by atoms with van der Waals surface area (Å²) in [6, 6.07) is 11.7. The molecule has 2 aromatic carbocycles. The van der Waals surface area contributed by atoms with E-state index in [-0.39, 0.29) is 5.75 Å². The molecule has 0 spiro atoms. The van der Waals surface area contributed by atoms with Crippen LogP contribution in [0.4, 0.5) is 11.4 Å². The summed E-state index contributed by atoms with van der Waals surface area (Å²) in [5, 5.41) is 17.4. The van der Waals surface area contributed by atoms with Gasteiger partial charge in [0.25, 0.3) is 0 Å². The first-order chi connectivity index (χ1) is 9.21. The number of azo groups is 1. The first-order valence-corrected chi connectivity index (χ1v) is 5.65. The van der Waals surface area contributed by atoms with Gasteiger partial charge in [0.2, 0.25) is 0 Å². The number of phenolic OH excluding ortho intramolecular Hbond substituents is 1. The van der Waals surface area contributed by atoms with E-state index in [9.17, 15) is 5.11 Å². The van der Waals surface area contributed by atoms with Gasteiger partial charge in [-0.15, -0.1) is 0 Å². The fraction of sp³-hybridized carbons (Fsp3) is 0.143. The second-order valence-corrected chi connectivity index (χ2v) is 3.79. The highest BCUT2D eigenvalue weighted by atomic mass is 16.5. The lowest BCUT2D eigenvalue weighted by molar-refractivity contribution is 0.394. The fourth-order valence-corrected chi connectivity index (χ4v) is 1.48. The zero-order chi connectivity index (χ0) is 13.7. The van der Waals surface area contributed by atoms with Crippen LogP contribution >= 0.6 is 0 Å². The van der Waals surface area contributed by atoms with Crippen molar-refractivity contribution < 1.29 is 14.6 Å². The Morgan fingerprint density at radius 3 is 1.84 bits per heavy atom. The lowest BCUT2D eigenvalue weighted by atomic mass is 10.3. The van der Waals surface area contributed by atoms with Gasteiger partial charge in [-0.1, -0.05) is 0 Å². The molecule has 0 aromatic heterocycles. The maximum atomic E-state index is 9.17. The van der Waals surface area contributed by atoms with E-state index in [1.54, 1.807) is 56.7 Å². The molecule has 0 atom stereocenters. The van der Waals surface area contributed by atoms with Crippen LogP contribution in [0.25, 0.3) is 0 Å². The Morgan fingerprint density at radius 1 is 0.789 bits per heavy atom. The highest BCUT2D eigenvalue weighted by Gasteiger charge is 2.01. The third-order valence-electron chi connectivity index (χ3n) is 2.47. The number of hydrogen-bond donors (Lipinski definition) is 1. The molecule has 2 rings (SSSR count). The van der Waals surface area contributed by atoms with Gasteiger partial charge in [-0.25, -0.2) is 0 Å². The summed E-state index contributed by atoms with van der Waals surface area (Å²) in [7, 11) is 3.16. The predicted octanol–water partition coefficient (Wildman–Crippen LogP) is 3.82. The van der Waals surface area contributed by atoms with E-state index in [1.165, 1.54) is 0 Å². The average Bonchev–Trinajstić information content (AvgIpc) is 2.46. The van der Waals surface area contributed by atoms with E-state index in [0.29, 0.717) is 22.9 Å². The van der Waals surface area contributed by atoms with Crippen LogP contribution in [0.5, 0.6) is 17.2 Å². The van der Waals surface area contributed by atoms with E-state index in [2.05, 4.69) is 10.2 Å². The van der Waals surface area contributed by atoms with Crippen molar-refractivity contribution in [2.24, 2.45) is 10.2 Å². The lowest BCUT2D eigenvalue weighted by Crippen LogP contribution is -1.86. The van der Waals surface area contributed by atoms with Crippen molar-refractivity contribution in [1.82, 2.24) is 0 Å². The standard InChI is InChI=1S/C14H14N2O3/c1-18-13-7-11(8-14(9-13)19-2)16-15-10-3-5-12(17)6-4-10/h3-9,17H,1-2H3. The molecule has 0 aliphatic carbocycles. The van der Waals surface area contributed by atoms with Crippen molar-refractivity contribution in [3.8, 4) is 17.2 Å². The van der Waals surface area contributed by atoms with Crippen LogP contribution in [-0.2, 0) is 0 Å². The van der Waals surface area contributed by atoms with Gasteiger partial charge >= 0.3 is 0 Å². The smallest absolute Gasteiger partial charge is 0.124 e. The van der Waals surface area contributed by atoms with Crippen molar-refractivity contribution in [3.63, 3.8) is 0 Å². The average molecular weight is 258 g/mol. The Labute approximate surface area is 111 Å². The molecule has 1 N–H and O–H groups in total. The summed E-state index contributed by atoms with van der Waals surface area (Å²) in [6.07, 6.45) is 0. The van der Waals surface area contributed by atoms with Crippen LogP contribution in [0.15, 0.2) is 52.7 Å². The van der Waals surface area contributed by atoms with Crippen LogP contribution in [0.2, 0.25) is 0 Å². The molecule has 0 saturated carbocycles. The number of nitrogens with zero attached hydrogens (tertiary/aromatic N) is 2. The highest BCUT2D eigenvalue weighted by Crippen LogP contribution is 2.29. The quantitative estimate of drug-likeness (QED) is 0.848. The van der Waals surface area contributed by atoms with Gasteiger partial charge in [0.15, 0.2) is 0 Å². The van der Waals surface area contributed by atoms with Gasteiger partial charge < -0.3 is 14.6 Å². The number of ether oxygens (including phenoxy) is 2. The Kier molecular flexibility index (Phi) is 3.97. The Morgan fingerprint density at radius 2 is 1.32 bits per heavy atom. The van der Waals surface area contributed by atoms with Crippen LogP contribution in [0, 0.1) is 0 Å². The monoisotopic (exact) mass is 258 g/mol. The molecule has 0 saturated heterocycles.